The zero-order valence-corrected chi connectivity index (χ0v) is 11.4. The van der Waals surface area contributed by atoms with Crippen LogP contribution in [0.5, 0.6) is 5.88 Å². The summed E-state index contributed by atoms with van der Waals surface area (Å²) in [6.07, 6.45) is 3.14. The molecule has 1 heterocycles. The van der Waals surface area contributed by atoms with Gasteiger partial charge in [0.1, 0.15) is 12.1 Å². The quantitative estimate of drug-likeness (QED) is 0.742. The maximum Gasteiger partial charge on any atom is 0.218 e. The van der Waals surface area contributed by atoms with Crippen molar-refractivity contribution in [1.29, 1.82) is 0 Å². The van der Waals surface area contributed by atoms with E-state index in [0.717, 1.165) is 12.2 Å². The Balaban J connectivity index is 2.64. The lowest BCUT2D eigenvalue weighted by atomic mass is 10.0. The molecule has 2 N–H and O–H groups in total. The maximum absolute atomic E-state index is 9.04. The van der Waals surface area contributed by atoms with Crippen LogP contribution in [0.25, 0.3) is 0 Å². The molecule has 0 saturated heterocycles. The fraction of sp³-hybridized carbons (Fsp3) is 0.692. The van der Waals surface area contributed by atoms with Gasteiger partial charge in [-0.25, -0.2) is 9.97 Å². The van der Waals surface area contributed by atoms with Crippen LogP contribution in [0.2, 0.25) is 0 Å². The normalized spacial score (nSPS) is 12.5. The average Bonchev–Trinajstić information content (AvgIpc) is 2.36. The van der Waals surface area contributed by atoms with E-state index in [4.69, 9.17) is 9.84 Å². The largest absolute Gasteiger partial charge is 0.478 e. The van der Waals surface area contributed by atoms with Gasteiger partial charge in [-0.2, -0.15) is 0 Å². The van der Waals surface area contributed by atoms with E-state index in [9.17, 15) is 0 Å². The van der Waals surface area contributed by atoms with Gasteiger partial charge in [-0.1, -0.05) is 20.8 Å². The summed E-state index contributed by atoms with van der Waals surface area (Å²) in [7, 11) is 0. The molecule has 5 heteroatoms. The highest BCUT2D eigenvalue weighted by atomic mass is 16.5. The molecule has 0 saturated carbocycles. The third-order valence-corrected chi connectivity index (χ3v) is 2.67. The Hall–Kier alpha value is -1.36. The van der Waals surface area contributed by atoms with E-state index in [1.807, 2.05) is 0 Å². The van der Waals surface area contributed by atoms with Crippen LogP contribution in [-0.2, 0) is 0 Å². The first kappa shape index (κ1) is 14.7. The second-order valence-electron chi connectivity index (χ2n) is 4.60. The predicted octanol–water partition coefficient (Wildman–Crippen LogP) is 2.08. The Kier molecular flexibility index (Phi) is 6.43. The van der Waals surface area contributed by atoms with Crippen LogP contribution in [0.15, 0.2) is 12.4 Å². The molecule has 1 rings (SSSR count). The van der Waals surface area contributed by atoms with Crippen LogP contribution < -0.4 is 10.1 Å². The van der Waals surface area contributed by atoms with Crippen molar-refractivity contribution in [3.63, 3.8) is 0 Å². The summed E-state index contributed by atoms with van der Waals surface area (Å²) in [6, 6.07) is 1.99. The van der Waals surface area contributed by atoms with E-state index in [1.54, 1.807) is 6.07 Å². The Morgan fingerprint density at radius 1 is 1.39 bits per heavy atom. The van der Waals surface area contributed by atoms with Crippen LogP contribution in [0.4, 0.5) is 5.82 Å². The lowest BCUT2D eigenvalue weighted by Crippen LogP contribution is -2.27. The molecule has 0 amide bonds. The van der Waals surface area contributed by atoms with Gasteiger partial charge in [0.2, 0.25) is 5.88 Å². The Morgan fingerprint density at radius 2 is 2.17 bits per heavy atom. The number of nitrogens with zero attached hydrogens (tertiary/aromatic N) is 2. The molecule has 102 valence electrons. The minimum Gasteiger partial charge on any atom is -0.478 e. The van der Waals surface area contributed by atoms with E-state index in [2.05, 4.69) is 36.1 Å². The zero-order valence-electron chi connectivity index (χ0n) is 11.4. The van der Waals surface area contributed by atoms with Gasteiger partial charge < -0.3 is 15.2 Å². The summed E-state index contributed by atoms with van der Waals surface area (Å²) in [5, 5.41) is 12.3. The van der Waals surface area contributed by atoms with E-state index in [0.29, 0.717) is 24.8 Å². The molecule has 0 spiro atoms. The van der Waals surface area contributed by atoms with Gasteiger partial charge in [0.25, 0.3) is 0 Å². The third-order valence-electron chi connectivity index (χ3n) is 2.67. The van der Waals surface area contributed by atoms with Crippen molar-refractivity contribution in [3.05, 3.63) is 12.4 Å². The summed E-state index contributed by atoms with van der Waals surface area (Å²) in [5.74, 6) is 1.75. The molecule has 0 aromatic carbocycles. The van der Waals surface area contributed by atoms with Crippen molar-refractivity contribution in [2.45, 2.75) is 39.7 Å². The van der Waals surface area contributed by atoms with Gasteiger partial charge in [0.05, 0.1) is 6.61 Å². The van der Waals surface area contributed by atoms with E-state index >= 15 is 0 Å². The molecule has 1 unspecified atom stereocenters. The first-order valence-electron chi connectivity index (χ1n) is 6.49. The molecule has 0 fully saturated rings. The van der Waals surface area contributed by atoms with Crippen molar-refractivity contribution >= 4 is 5.82 Å². The number of aliphatic hydroxyl groups is 1. The van der Waals surface area contributed by atoms with Crippen LogP contribution in [0.3, 0.4) is 0 Å². The fourth-order valence-electron chi connectivity index (χ4n) is 1.61. The summed E-state index contributed by atoms with van der Waals surface area (Å²) >= 11 is 0. The van der Waals surface area contributed by atoms with Crippen molar-refractivity contribution in [2.75, 3.05) is 18.5 Å². The Morgan fingerprint density at radius 3 is 2.78 bits per heavy atom. The van der Waals surface area contributed by atoms with Crippen LogP contribution in [0, 0.1) is 5.92 Å². The molecule has 1 aromatic heterocycles. The van der Waals surface area contributed by atoms with Crippen molar-refractivity contribution in [3.8, 4) is 5.88 Å². The molecular formula is C13H23N3O2. The predicted molar refractivity (Wildman–Crippen MR) is 71.8 cm³/mol. The topological polar surface area (TPSA) is 67.3 Å². The van der Waals surface area contributed by atoms with Crippen LogP contribution in [0.1, 0.15) is 33.6 Å². The Bertz CT molecular complexity index is 345. The number of hydrogen-bond acceptors (Lipinski definition) is 5. The van der Waals surface area contributed by atoms with Gasteiger partial charge >= 0.3 is 0 Å². The van der Waals surface area contributed by atoms with E-state index in [1.165, 1.54) is 6.33 Å². The first-order valence-corrected chi connectivity index (χ1v) is 6.49. The van der Waals surface area contributed by atoms with Gasteiger partial charge in [-0.3, -0.25) is 0 Å². The summed E-state index contributed by atoms with van der Waals surface area (Å²) in [5.41, 5.74) is 0. The molecule has 0 aliphatic heterocycles. The third kappa shape index (κ3) is 4.87. The van der Waals surface area contributed by atoms with Crippen LogP contribution >= 0.6 is 0 Å². The van der Waals surface area contributed by atoms with Gasteiger partial charge in [0.15, 0.2) is 0 Å². The van der Waals surface area contributed by atoms with Gasteiger partial charge in [-0.05, 0) is 18.8 Å². The number of anilines is 1. The monoisotopic (exact) mass is 253 g/mol. The first-order chi connectivity index (χ1) is 8.67. The highest BCUT2D eigenvalue weighted by Crippen LogP contribution is 2.16. The van der Waals surface area contributed by atoms with E-state index in [-0.39, 0.29) is 12.6 Å². The number of aliphatic hydroxyl groups excluding tert-OH is 1. The van der Waals surface area contributed by atoms with E-state index < -0.39 is 0 Å². The Labute approximate surface area is 109 Å². The SMILES string of the molecule is CCCOc1cc(NC(CCO)C(C)C)ncn1. The number of rotatable bonds is 8. The number of aromatic nitrogens is 2. The molecule has 0 bridgehead atoms. The van der Waals surface area contributed by atoms with Gasteiger partial charge in [0, 0.05) is 18.7 Å². The molecule has 1 atom stereocenters. The molecule has 0 aliphatic rings. The molecule has 1 aromatic rings. The minimum atomic E-state index is 0.167. The lowest BCUT2D eigenvalue weighted by molar-refractivity contribution is 0.267. The zero-order chi connectivity index (χ0) is 13.4. The standard InChI is InChI=1S/C13H23N3O2/c1-4-7-18-13-8-12(14-9-15-13)16-11(5-6-17)10(2)3/h8-11,17H,4-7H2,1-3H3,(H,14,15,16). The van der Waals surface area contributed by atoms with Crippen molar-refractivity contribution < 1.29 is 9.84 Å². The lowest BCUT2D eigenvalue weighted by Gasteiger charge is -2.22. The summed E-state index contributed by atoms with van der Waals surface area (Å²) in [4.78, 5) is 8.22. The van der Waals surface area contributed by atoms with Crippen molar-refractivity contribution in [1.82, 2.24) is 9.97 Å². The molecule has 18 heavy (non-hydrogen) atoms. The van der Waals surface area contributed by atoms with Crippen molar-refractivity contribution in [2.24, 2.45) is 5.92 Å². The number of hydrogen-bond donors (Lipinski definition) is 2. The average molecular weight is 253 g/mol. The highest BCUT2D eigenvalue weighted by Gasteiger charge is 2.13. The fourth-order valence-corrected chi connectivity index (χ4v) is 1.61. The number of ether oxygens (including phenoxy) is 1. The summed E-state index contributed by atoms with van der Waals surface area (Å²) < 4.78 is 5.46. The highest BCUT2D eigenvalue weighted by molar-refractivity contribution is 5.38. The molecular weight excluding hydrogens is 230 g/mol. The second kappa shape index (κ2) is 7.87. The van der Waals surface area contributed by atoms with Gasteiger partial charge in [-0.15, -0.1) is 0 Å². The number of nitrogens with one attached hydrogen (secondary N) is 1. The molecule has 0 aliphatic carbocycles. The van der Waals surface area contributed by atoms with Crippen LogP contribution in [-0.4, -0.2) is 34.3 Å². The molecule has 0 radical (unpaired) electrons. The molecule has 5 nitrogen and oxygen atoms in total. The smallest absolute Gasteiger partial charge is 0.218 e. The minimum absolute atomic E-state index is 0.167. The second-order valence-corrected chi connectivity index (χ2v) is 4.60. The summed E-state index contributed by atoms with van der Waals surface area (Å²) in [6.45, 7) is 7.10. The maximum atomic E-state index is 9.04.